The van der Waals surface area contributed by atoms with E-state index in [0.717, 1.165) is 24.6 Å². The van der Waals surface area contributed by atoms with E-state index in [1.165, 1.54) is 53.0 Å². The quantitative estimate of drug-likeness (QED) is 0.107. The Morgan fingerprint density at radius 2 is 0.741 bits per heavy atom. The molecule has 0 bridgehead atoms. The maximum absolute atomic E-state index is 2.38. The highest BCUT2D eigenvalue weighted by molar-refractivity contribution is 8.36. The van der Waals surface area contributed by atoms with Gasteiger partial charge in [0.15, 0.2) is 62.7 Å². The van der Waals surface area contributed by atoms with E-state index < -0.39 is 0 Å². The normalized spacial score (nSPS) is 16.7. The van der Waals surface area contributed by atoms with Gasteiger partial charge in [-0.15, -0.1) is 70.6 Å². The van der Waals surface area contributed by atoms with Crippen LogP contribution in [0.1, 0.15) is 22.3 Å². The van der Waals surface area contributed by atoms with E-state index in [4.69, 9.17) is 0 Å². The Bertz CT molecular complexity index is 2060. The van der Waals surface area contributed by atoms with Crippen molar-refractivity contribution < 1.29 is 18.3 Å². The number of benzene rings is 2. The molecule has 54 heavy (non-hydrogen) atoms. The number of nitrogens with zero attached hydrogens (tertiary/aromatic N) is 4. The molecule has 4 nitrogen and oxygen atoms in total. The third-order valence-corrected chi connectivity index (χ3v) is 18.3. The number of hydrogen-bond donors (Lipinski definition) is 0. The van der Waals surface area contributed by atoms with Crippen molar-refractivity contribution in [3.8, 4) is 22.3 Å². The summed E-state index contributed by atoms with van der Waals surface area (Å²) >= 11 is 12.0. The topological polar surface area (TPSA) is 15.5 Å². The third-order valence-electron chi connectivity index (χ3n) is 9.23. The van der Waals surface area contributed by atoms with Gasteiger partial charge in [-0.2, -0.15) is 0 Å². The highest BCUT2D eigenvalue weighted by Crippen LogP contribution is 2.57. The Morgan fingerprint density at radius 1 is 0.426 bits per heavy atom. The Balaban J connectivity index is 0.735. The molecule has 2 atom stereocenters. The molecule has 2 aliphatic rings. The van der Waals surface area contributed by atoms with Crippen LogP contribution >= 0.6 is 70.6 Å². The molecule has 270 valence electrons. The molecule has 8 rings (SSSR count). The molecular formula is C44H42N4S6+4. The molecule has 4 aromatic heterocycles. The Morgan fingerprint density at radius 3 is 1.09 bits per heavy atom. The van der Waals surface area contributed by atoms with Gasteiger partial charge in [0, 0.05) is 79.6 Å². The zero-order valence-electron chi connectivity index (χ0n) is 30.2. The molecule has 6 aromatic rings. The van der Waals surface area contributed by atoms with E-state index in [1.54, 1.807) is 0 Å². The number of rotatable bonds is 13. The number of hydrogen-bond acceptors (Lipinski definition) is 6. The van der Waals surface area contributed by atoms with Crippen molar-refractivity contribution in [3.05, 3.63) is 188 Å². The summed E-state index contributed by atoms with van der Waals surface area (Å²) in [6.45, 7) is 1.75. The van der Waals surface area contributed by atoms with Crippen LogP contribution in [0.15, 0.2) is 166 Å². The summed E-state index contributed by atoms with van der Waals surface area (Å²) in [7, 11) is 4.09. The molecule has 0 spiro atoms. The van der Waals surface area contributed by atoms with Gasteiger partial charge in [-0.05, 0) is 44.2 Å². The maximum Gasteiger partial charge on any atom is 0.173 e. The number of aryl methyl sites for hydroxylation is 2. The van der Waals surface area contributed by atoms with Crippen molar-refractivity contribution in [1.29, 1.82) is 0 Å². The van der Waals surface area contributed by atoms with Crippen molar-refractivity contribution in [2.24, 2.45) is 14.1 Å². The average molecular weight is 819 g/mol. The van der Waals surface area contributed by atoms with E-state index in [-0.39, 0.29) is 0 Å². The molecule has 0 saturated carbocycles. The summed E-state index contributed by atoms with van der Waals surface area (Å²) in [5.41, 5.74) is 10.3. The van der Waals surface area contributed by atoms with Crippen molar-refractivity contribution >= 4 is 70.6 Å². The van der Waals surface area contributed by atoms with E-state index >= 15 is 0 Å². The molecule has 2 unspecified atom stereocenters. The molecular weight excluding hydrogens is 777 g/mol. The van der Waals surface area contributed by atoms with Crippen molar-refractivity contribution in [2.75, 3.05) is 0 Å². The van der Waals surface area contributed by atoms with Crippen LogP contribution in [0, 0.1) is 0 Å². The van der Waals surface area contributed by atoms with Gasteiger partial charge in [0.05, 0.1) is 9.16 Å². The SMILES string of the molecule is C[n+]1ccc(-c2cc[n+](Cc3ccc(CSC4=CSC(C5SC=C(SCc6ccc(C[n+]7ccc(-c8cc[n+](C)cc8)cc7)cc6)S5)S4)cc3)cc2)cc1. The average Bonchev–Trinajstić information content (AvgIpc) is 3.89. The van der Waals surface area contributed by atoms with Gasteiger partial charge in [0.25, 0.3) is 0 Å². The zero-order valence-corrected chi connectivity index (χ0v) is 35.1. The van der Waals surface area contributed by atoms with Crippen LogP contribution in [0.25, 0.3) is 22.3 Å². The van der Waals surface area contributed by atoms with Crippen LogP contribution in [0.3, 0.4) is 0 Å². The predicted octanol–water partition coefficient (Wildman–Crippen LogP) is 9.72. The Labute approximate surface area is 344 Å². The second kappa shape index (κ2) is 18.0. The van der Waals surface area contributed by atoms with Gasteiger partial charge in [-0.3, -0.25) is 0 Å². The largest absolute Gasteiger partial charge is 0.208 e. The molecule has 0 radical (unpaired) electrons. The van der Waals surface area contributed by atoms with Crippen molar-refractivity contribution in [2.45, 2.75) is 33.8 Å². The smallest absolute Gasteiger partial charge is 0.173 e. The molecule has 6 heterocycles. The van der Waals surface area contributed by atoms with Crippen molar-refractivity contribution in [3.63, 3.8) is 0 Å². The Kier molecular flexibility index (Phi) is 12.5. The van der Waals surface area contributed by atoms with Gasteiger partial charge in [-0.25, -0.2) is 18.3 Å². The van der Waals surface area contributed by atoms with Crippen LogP contribution < -0.4 is 18.3 Å². The van der Waals surface area contributed by atoms with Crippen LogP contribution in [-0.4, -0.2) is 9.16 Å². The zero-order chi connectivity index (χ0) is 36.7. The minimum Gasteiger partial charge on any atom is -0.208 e. The lowest BCUT2D eigenvalue weighted by atomic mass is 10.1. The number of pyridine rings is 4. The number of thioether (sulfide) groups is 6. The lowest BCUT2D eigenvalue weighted by Crippen LogP contribution is -2.33. The van der Waals surface area contributed by atoms with E-state index in [0.29, 0.717) is 9.16 Å². The van der Waals surface area contributed by atoms with E-state index in [1.807, 2.05) is 84.7 Å². The first-order valence-corrected chi connectivity index (χ1v) is 23.5. The van der Waals surface area contributed by atoms with Gasteiger partial charge < -0.3 is 0 Å². The molecule has 0 aliphatic carbocycles. The first-order chi connectivity index (χ1) is 26.5. The molecule has 0 saturated heterocycles. The fraction of sp³-hybridized carbons (Fsp3) is 0.182. The van der Waals surface area contributed by atoms with Gasteiger partial charge in [-0.1, -0.05) is 48.5 Å². The minimum atomic E-state index is 0.550. The summed E-state index contributed by atoms with van der Waals surface area (Å²) in [6.07, 6.45) is 17.1. The fourth-order valence-electron chi connectivity index (χ4n) is 6.07. The van der Waals surface area contributed by atoms with E-state index in [2.05, 4.69) is 176 Å². The second-order valence-electron chi connectivity index (χ2n) is 13.4. The summed E-state index contributed by atoms with van der Waals surface area (Å²) in [5, 5.41) is 4.77. The van der Waals surface area contributed by atoms with Crippen molar-refractivity contribution in [1.82, 2.24) is 0 Å². The summed E-state index contributed by atoms with van der Waals surface area (Å²) in [6, 6.07) is 35.7. The molecule has 0 amide bonds. The van der Waals surface area contributed by atoms with Crippen LogP contribution in [0.4, 0.5) is 0 Å². The Hall–Kier alpha value is -3.38. The molecule has 0 fully saturated rings. The lowest BCUT2D eigenvalue weighted by molar-refractivity contribution is -0.688. The molecule has 2 aliphatic heterocycles. The number of aromatic nitrogens is 4. The first-order valence-electron chi connectivity index (χ1n) is 17.8. The van der Waals surface area contributed by atoms with Gasteiger partial charge >= 0.3 is 0 Å². The lowest BCUT2D eigenvalue weighted by Gasteiger charge is -2.16. The fourth-order valence-corrected chi connectivity index (χ4v) is 14.9. The van der Waals surface area contributed by atoms with Crippen LogP contribution in [-0.2, 0) is 38.7 Å². The molecule has 0 N–H and O–H groups in total. The predicted molar refractivity (Wildman–Crippen MR) is 234 cm³/mol. The van der Waals surface area contributed by atoms with Crippen LogP contribution in [0.5, 0.6) is 0 Å². The monoisotopic (exact) mass is 818 g/mol. The van der Waals surface area contributed by atoms with Crippen LogP contribution in [0.2, 0.25) is 0 Å². The first kappa shape index (κ1) is 37.5. The van der Waals surface area contributed by atoms with E-state index in [9.17, 15) is 0 Å². The third kappa shape index (κ3) is 10.1. The summed E-state index contributed by atoms with van der Waals surface area (Å²) in [4.78, 5) is 0. The van der Waals surface area contributed by atoms with Gasteiger partial charge in [0.2, 0.25) is 0 Å². The standard InChI is InChI=1S/C44H42N4S6/c1-45-19-11-37(12-20-45)39-15-23-47(24-16-39)27-33-3-7-35(8-4-33)29-49-41-31-51-43(53-41)44-52-32-42(54-44)50-30-36-9-5-34(6-10-36)28-48-25-17-40(18-26-48)38-13-21-46(2)22-14-38/h3-26,31-32,43-44H,27-30H2,1-2H3/q+4. The molecule has 2 aromatic carbocycles. The second-order valence-corrected chi connectivity index (χ2v) is 20.9. The highest BCUT2D eigenvalue weighted by atomic mass is 32.2. The minimum absolute atomic E-state index is 0.550. The van der Waals surface area contributed by atoms with Gasteiger partial charge in [0.1, 0.15) is 14.1 Å². The molecule has 10 heteroatoms. The maximum atomic E-state index is 2.38. The summed E-state index contributed by atoms with van der Waals surface area (Å²) in [5.74, 6) is 2.01. The summed E-state index contributed by atoms with van der Waals surface area (Å²) < 4.78 is 12.6. The highest BCUT2D eigenvalue weighted by Gasteiger charge is 2.32.